The molecule has 1 N–H and O–H groups in total. The number of pyridine rings is 1. The number of H-pyrrole nitrogens is 1. The Balaban J connectivity index is 1.60. The molecular weight excluding hydrogens is 298 g/mol. The lowest BCUT2D eigenvalue weighted by atomic mass is 9.98. The molecular formula is C20H23N3O. The van der Waals surface area contributed by atoms with Gasteiger partial charge in [0.25, 0.3) is 0 Å². The fraction of sp³-hybridized carbons (Fsp3) is 0.350. The molecule has 0 bridgehead atoms. The van der Waals surface area contributed by atoms with E-state index in [1.165, 1.54) is 31.5 Å². The molecule has 0 unspecified atom stereocenters. The number of rotatable bonds is 4. The molecule has 3 aromatic rings. The third-order valence-corrected chi connectivity index (χ3v) is 4.93. The maximum atomic E-state index is 6.24. The highest BCUT2D eigenvalue weighted by Crippen LogP contribution is 2.34. The number of aromatic nitrogens is 2. The lowest BCUT2D eigenvalue weighted by Crippen LogP contribution is -2.32. The van der Waals surface area contributed by atoms with Crippen LogP contribution in [0.5, 0.6) is 5.75 Å². The van der Waals surface area contributed by atoms with Crippen molar-refractivity contribution in [3.63, 3.8) is 0 Å². The van der Waals surface area contributed by atoms with Gasteiger partial charge in [0.2, 0.25) is 0 Å². The molecule has 0 radical (unpaired) electrons. The third-order valence-electron chi connectivity index (χ3n) is 4.93. The maximum Gasteiger partial charge on any atom is 0.141 e. The van der Waals surface area contributed by atoms with Crippen LogP contribution in [0, 0.1) is 5.92 Å². The van der Waals surface area contributed by atoms with Crippen LogP contribution < -0.4 is 4.74 Å². The number of hydrogen-bond acceptors (Lipinski definition) is 3. The van der Waals surface area contributed by atoms with Crippen LogP contribution in [0.2, 0.25) is 0 Å². The Morgan fingerprint density at radius 3 is 2.75 bits per heavy atom. The van der Waals surface area contributed by atoms with Crippen LogP contribution in [0.3, 0.4) is 0 Å². The number of nitrogens with one attached hydrogen (secondary N) is 1. The van der Waals surface area contributed by atoms with E-state index in [4.69, 9.17) is 4.74 Å². The second-order valence-corrected chi connectivity index (χ2v) is 6.66. The molecule has 1 fully saturated rings. The summed E-state index contributed by atoms with van der Waals surface area (Å²) in [6.45, 7) is 3.12. The number of benzene rings is 1. The molecule has 1 aromatic carbocycles. The molecule has 0 amide bonds. The van der Waals surface area contributed by atoms with E-state index in [0.717, 1.165) is 29.0 Å². The van der Waals surface area contributed by atoms with Gasteiger partial charge >= 0.3 is 0 Å². The fourth-order valence-corrected chi connectivity index (χ4v) is 3.43. The van der Waals surface area contributed by atoms with Crippen molar-refractivity contribution in [3.05, 3.63) is 48.8 Å². The van der Waals surface area contributed by atoms with E-state index in [0.29, 0.717) is 5.92 Å². The average molecular weight is 321 g/mol. The predicted octanol–water partition coefficient (Wildman–Crippen LogP) is 3.95. The number of ether oxygens (including phenoxy) is 1. The zero-order valence-corrected chi connectivity index (χ0v) is 14.0. The Kier molecular flexibility index (Phi) is 4.22. The minimum atomic E-state index is 0.642. The molecule has 0 atom stereocenters. The molecule has 4 heteroatoms. The van der Waals surface area contributed by atoms with Gasteiger partial charge in [0, 0.05) is 18.0 Å². The standard InChI is InChI=1S/C20H23N3O/c1-23-11-8-15(9-12-23)14-24-18-7-10-21-20-19(18)17(13-22-20)16-5-3-2-4-6-16/h2-7,10,13,15H,8-9,11-12,14H2,1H3,(H,21,22). The molecule has 4 rings (SSSR count). The lowest BCUT2D eigenvalue weighted by Gasteiger charge is -2.28. The van der Waals surface area contributed by atoms with E-state index in [2.05, 4.69) is 46.2 Å². The first-order valence-corrected chi connectivity index (χ1v) is 8.64. The molecule has 3 heterocycles. The van der Waals surface area contributed by atoms with Crippen molar-refractivity contribution in [2.24, 2.45) is 5.92 Å². The van der Waals surface area contributed by atoms with Gasteiger partial charge in [0.15, 0.2) is 0 Å². The number of aromatic amines is 1. The molecule has 4 nitrogen and oxygen atoms in total. The van der Waals surface area contributed by atoms with E-state index < -0.39 is 0 Å². The van der Waals surface area contributed by atoms with Gasteiger partial charge in [-0.1, -0.05) is 30.3 Å². The summed E-state index contributed by atoms with van der Waals surface area (Å²) in [6, 6.07) is 12.4. The van der Waals surface area contributed by atoms with Gasteiger partial charge in [0.1, 0.15) is 11.4 Å². The van der Waals surface area contributed by atoms with Crippen LogP contribution in [-0.4, -0.2) is 41.6 Å². The minimum absolute atomic E-state index is 0.642. The smallest absolute Gasteiger partial charge is 0.141 e. The first kappa shape index (κ1) is 15.2. The quantitative estimate of drug-likeness (QED) is 0.791. The first-order valence-electron chi connectivity index (χ1n) is 8.64. The van der Waals surface area contributed by atoms with Gasteiger partial charge in [-0.3, -0.25) is 0 Å². The van der Waals surface area contributed by atoms with E-state index in [1.807, 2.05) is 24.5 Å². The van der Waals surface area contributed by atoms with Crippen LogP contribution >= 0.6 is 0 Å². The zero-order valence-electron chi connectivity index (χ0n) is 14.0. The van der Waals surface area contributed by atoms with Gasteiger partial charge in [0.05, 0.1) is 12.0 Å². The second kappa shape index (κ2) is 6.65. The van der Waals surface area contributed by atoms with Crippen LogP contribution in [0.15, 0.2) is 48.8 Å². The maximum absolute atomic E-state index is 6.24. The normalized spacial score (nSPS) is 16.5. The second-order valence-electron chi connectivity index (χ2n) is 6.66. The summed E-state index contributed by atoms with van der Waals surface area (Å²) >= 11 is 0. The van der Waals surface area contributed by atoms with Crippen molar-refractivity contribution in [3.8, 4) is 16.9 Å². The van der Waals surface area contributed by atoms with Gasteiger partial charge < -0.3 is 14.6 Å². The Bertz CT molecular complexity index is 804. The highest BCUT2D eigenvalue weighted by atomic mass is 16.5. The number of nitrogens with zero attached hydrogens (tertiary/aromatic N) is 2. The summed E-state index contributed by atoms with van der Waals surface area (Å²) in [7, 11) is 2.19. The van der Waals surface area contributed by atoms with Crippen molar-refractivity contribution in [2.45, 2.75) is 12.8 Å². The molecule has 1 aliphatic heterocycles. The Morgan fingerprint density at radius 1 is 1.17 bits per heavy atom. The average Bonchev–Trinajstić information content (AvgIpc) is 3.07. The molecule has 1 saturated heterocycles. The molecule has 0 aliphatic carbocycles. The molecule has 0 spiro atoms. The highest BCUT2D eigenvalue weighted by molar-refractivity contribution is 5.97. The van der Waals surface area contributed by atoms with Crippen molar-refractivity contribution in [1.82, 2.24) is 14.9 Å². The van der Waals surface area contributed by atoms with Crippen LogP contribution in [0.4, 0.5) is 0 Å². The van der Waals surface area contributed by atoms with Crippen molar-refractivity contribution in [1.29, 1.82) is 0 Å². The molecule has 2 aromatic heterocycles. The summed E-state index contributed by atoms with van der Waals surface area (Å²) in [5, 5.41) is 1.08. The fourth-order valence-electron chi connectivity index (χ4n) is 3.43. The SMILES string of the molecule is CN1CCC(COc2ccnc3[nH]cc(-c4ccccc4)c23)CC1. The monoisotopic (exact) mass is 321 g/mol. The van der Waals surface area contributed by atoms with Gasteiger partial charge in [-0.2, -0.15) is 0 Å². The topological polar surface area (TPSA) is 41.1 Å². The van der Waals surface area contributed by atoms with Gasteiger partial charge in [-0.15, -0.1) is 0 Å². The third kappa shape index (κ3) is 3.02. The Labute approximate surface area is 142 Å². The molecule has 124 valence electrons. The Morgan fingerprint density at radius 2 is 1.96 bits per heavy atom. The lowest BCUT2D eigenvalue weighted by molar-refractivity contribution is 0.161. The van der Waals surface area contributed by atoms with E-state index in [9.17, 15) is 0 Å². The summed E-state index contributed by atoms with van der Waals surface area (Å²) in [6.07, 6.45) is 6.26. The number of piperidine rings is 1. The molecule has 1 aliphatic rings. The highest BCUT2D eigenvalue weighted by Gasteiger charge is 2.18. The van der Waals surface area contributed by atoms with E-state index in [1.54, 1.807) is 0 Å². The molecule has 24 heavy (non-hydrogen) atoms. The first-order chi connectivity index (χ1) is 11.8. The van der Waals surface area contributed by atoms with Crippen LogP contribution in [0.25, 0.3) is 22.2 Å². The molecule has 0 saturated carbocycles. The van der Waals surface area contributed by atoms with Crippen LogP contribution in [0.1, 0.15) is 12.8 Å². The van der Waals surface area contributed by atoms with E-state index >= 15 is 0 Å². The summed E-state index contributed by atoms with van der Waals surface area (Å²) in [5.41, 5.74) is 3.22. The van der Waals surface area contributed by atoms with E-state index in [-0.39, 0.29) is 0 Å². The number of hydrogen-bond donors (Lipinski definition) is 1. The van der Waals surface area contributed by atoms with Crippen molar-refractivity contribution >= 4 is 11.0 Å². The summed E-state index contributed by atoms with van der Waals surface area (Å²) < 4.78 is 6.24. The minimum Gasteiger partial charge on any atom is -0.492 e. The Hall–Kier alpha value is -2.33. The number of likely N-dealkylation sites (tertiary alicyclic amines) is 1. The van der Waals surface area contributed by atoms with Crippen LogP contribution in [-0.2, 0) is 0 Å². The summed E-state index contributed by atoms with van der Waals surface area (Å²) in [4.78, 5) is 10.1. The van der Waals surface area contributed by atoms with Crippen molar-refractivity contribution < 1.29 is 4.74 Å². The largest absolute Gasteiger partial charge is 0.492 e. The summed E-state index contributed by atoms with van der Waals surface area (Å²) in [5.74, 6) is 1.57. The van der Waals surface area contributed by atoms with Gasteiger partial charge in [-0.25, -0.2) is 4.98 Å². The van der Waals surface area contributed by atoms with Gasteiger partial charge in [-0.05, 0) is 50.5 Å². The number of fused-ring (bicyclic) bond motifs is 1. The zero-order chi connectivity index (χ0) is 16.4. The van der Waals surface area contributed by atoms with Crippen molar-refractivity contribution in [2.75, 3.05) is 26.7 Å². The predicted molar refractivity (Wildman–Crippen MR) is 97.2 cm³/mol.